The first kappa shape index (κ1) is 19.3. The summed E-state index contributed by atoms with van der Waals surface area (Å²) in [5.74, 6) is 1.89. The lowest BCUT2D eigenvalue weighted by atomic mass is 9.99. The van der Waals surface area contributed by atoms with Gasteiger partial charge in [-0.3, -0.25) is 4.79 Å². The predicted octanol–water partition coefficient (Wildman–Crippen LogP) is 4.19. The normalized spacial score (nSPS) is 13.2. The molecule has 4 nitrogen and oxygen atoms in total. The van der Waals surface area contributed by atoms with Crippen molar-refractivity contribution in [2.45, 2.75) is 59.0 Å². The average molecular weight is 321 g/mol. The minimum atomic E-state index is -0.467. The summed E-state index contributed by atoms with van der Waals surface area (Å²) in [5.41, 5.74) is 0. The first-order chi connectivity index (χ1) is 11.1. The highest BCUT2D eigenvalue weighted by atomic mass is 16.5. The van der Waals surface area contributed by atoms with Crippen molar-refractivity contribution in [1.29, 1.82) is 0 Å². The number of hydrogen-bond donors (Lipinski definition) is 1. The number of amides is 1. The van der Waals surface area contributed by atoms with E-state index in [1.807, 2.05) is 25.1 Å². The van der Waals surface area contributed by atoms with E-state index in [1.165, 1.54) is 19.3 Å². The summed E-state index contributed by atoms with van der Waals surface area (Å²) in [6.45, 7) is 7.06. The number of carbonyl (C=O) groups excluding carboxylic acids is 1. The van der Waals surface area contributed by atoms with E-state index in [9.17, 15) is 4.79 Å². The molecule has 0 unspecified atom stereocenters. The summed E-state index contributed by atoms with van der Waals surface area (Å²) in [4.78, 5) is 12.4. The van der Waals surface area contributed by atoms with Gasteiger partial charge in [0.2, 0.25) is 0 Å². The van der Waals surface area contributed by atoms with Crippen LogP contribution in [0.5, 0.6) is 11.5 Å². The monoisotopic (exact) mass is 321 g/mol. The van der Waals surface area contributed by atoms with E-state index in [0.29, 0.717) is 18.1 Å². The third-order valence-electron chi connectivity index (χ3n) is 4.09. The van der Waals surface area contributed by atoms with E-state index in [1.54, 1.807) is 13.2 Å². The zero-order chi connectivity index (χ0) is 17.1. The molecule has 0 spiro atoms. The number of methoxy groups -OCH3 is 1. The fourth-order valence-electron chi connectivity index (χ4n) is 2.46. The van der Waals surface area contributed by atoms with Crippen molar-refractivity contribution in [3.8, 4) is 11.5 Å². The fourth-order valence-corrected chi connectivity index (χ4v) is 2.46. The minimum Gasteiger partial charge on any atom is -0.497 e. The molecule has 1 N–H and O–H groups in total. The topological polar surface area (TPSA) is 47.6 Å². The maximum Gasteiger partial charge on any atom is 0.261 e. The fraction of sp³-hybridized carbons (Fsp3) is 0.632. The van der Waals surface area contributed by atoms with Gasteiger partial charge in [-0.15, -0.1) is 0 Å². The number of benzene rings is 1. The minimum absolute atomic E-state index is 0.0368. The van der Waals surface area contributed by atoms with Crippen LogP contribution in [0.2, 0.25) is 0 Å². The first-order valence-electron chi connectivity index (χ1n) is 8.72. The Morgan fingerprint density at radius 3 is 2.52 bits per heavy atom. The third kappa shape index (κ3) is 6.93. The summed E-state index contributed by atoms with van der Waals surface area (Å²) in [5, 5.41) is 3.05. The molecule has 1 aromatic carbocycles. The Balaban J connectivity index is 2.53. The Hall–Kier alpha value is -1.71. The van der Waals surface area contributed by atoms with E-state index in [2.05, 4.69) is 19.2 Å². The predicted molar refractivity (Wildman–Crippen MR) is 94.0 cm³/mol. The summed E-state index contributed by atoms with van der Waals surface area (Å²) in [7, 11) is 1.62. The van der Waals surface area contributed by atoms with Gasteiger partial charge in [0.05, 0.1) is 7.11 Å². The zero-order valence-electron chi connectivity index (χ0n) is 14.9. The maximum absolute atomic E-state index is 12.4. The quantitative estimate of drug-likeness (QED) is 0.665. The molecule has 0 saturated heterocycles. The standard InChI is InChI=1S/C19H31NO3/c1-5-8-10-15(6-2)14-20-19(21)18(7-3)23-17-12-9-11-16(13-17)22-4/h9,11-13,15,18H,5-8,10,14H2,1-4H3,(H,20,21)/t15-,18+/m1/s1. The van der Waals surface area contributed by atoms with Gasteiger partial charge >= 0.3 is 0 Å². The largest absolute Gasteiger partial charge is 0.497 e. The van der Waals surface area contributed by atoms with Crippen LogP contribution in [0.1, 0.15) is 52.9 Å². The lowest BCUT2D eigenvalue weighted by Gasteiger charge is -2.20. The van der Waals surface area contributed by atoms with E-state index < -0.39 is 6.10 Å². The molecule has 1 rings (SSSR count). The van der Waals surface area contributed by atoms with Gasteiger partial charge < -0.3 is 14.8 Å². The molecule has 0 aliphatic carbocycles. The average Bonchev–Trinajstić information content (AvgIpc) is 2.59. The summed E-state index contributed by atoms with van der Waals surface area (Å²) >= 11 is 0. The highest BCUT2D eigenvalue weighted by Crippen LogP contribution is 2.20. The van der Waals surface area contributed by atoms with E-state index >= 15 is 0 Å². The van der Waals surface area contributed by atoms with Crippen molar-refractivity contribution in [3.63, 3.8) is 0 Å². The van der Waals surface area contributed by atoms with Crippen molar-refractivity contribution < 1.29 is 14.3 Å². The van der Waals surface area contributed by atoms with Gasteiger partial charge in [0.1, 0.15) is 11.5 Å². The molecule has 0 saturated carbocycles. The second-order valence-corrected chi connectivity index (χ2v) is 5.86. The van der Waals surface area contributed by atoms with E-state index in [0.717, 1.165) is 18.7 Å². The van der Waals surface area contributed by atoms with Crippen LogP contribution in [0.3, 0.4) is 0 Å². The van der Waals surface area contributed by atoms with Gasteiger partial charge in [0.15, 0.2) is 6.10 Å². The van der Waals surface area contributed by atoms with Crippen LogP contribution in [0.4, 0.5) is 0 Å². The second kappa shape index (κ2) is 10.9. The van der Waals surface area contributed by atoms with Gasteiger partial charge in [-0.25, -0.2) is 0 Å². The molecule has 23 heavy (non-hydrogen) atoms. The van der Waals surface area contributed by atoms with Crippen LogP contribution in [-0.4, -0.2) is 25.7 Å². The van der Waals surface area contributed by atoms with Crippen LogP contribution < -0.4 is 14.8 Å². The molecule has 0 radical (unpaired) electrons. The van der Waals surface area contributed by atoms with Crippen LogP contribution in [0.25, 0.3) is 0 Å². The number of unbranched alkanes of at least 4 members (excludes halogenated alkanes) is 1. The Morgan fingerprint density at radius 1 is 1.17 bits per heavy atom. The molecular formula is C19H31NO3. The molecule has 1 amide bonds. The van der Waals surface area contributed by atoms with Gasteiger partial charge in [-0.05, 0) is 30.9 Å². The van der Waals surface area contributed by atoms with Crippen molar-refractivity contribution in [3.05, 3.63) is 24.3 Å². The lowest BCUT2D eigenvalue weighted by molar-refractivity contribution is -0.128. The number of ether oxygens (including phenoxy) is 2. The summed E-state index contributed by atoms with van der Waals surface area (Å²) in [6, 6.07) is 7.35. The number of carbonyl (C=O) groups is 1. The summed E-state index contributed by atoms with van der Waals surface area (Å²) < 4.78 is 11.0. The van der Waals surface area contributed by atoms with Crippen LogP contribution in [0.15, 0.2) is 24.3 Å². The highest BCUT2D eigenvalue weighted by Gasteiger charge is 2.19. The van der Waals surface area contributed by atoms with Gasteiger partial charge in [-0.1, -0.05) is 46.1 Å². The first-order valence-corrected chi connectivity index (χ1v) is 8.72. The smallest absolute Gasteiger partial charge is 0.261 e. The molecule has 0 fully saturated rings. The van der Waals surface area contributed by atoms with Crippen LogP contribution in [-0.2, 0) is 4.79 Å². The molecule has 0 aromatic heterocycles. The van der Waals surface area contributed by atoms with Crippen molar-refractivity contribution in [2.75, 3.05) is 13.7 Å². The Labute approximate surface area is 140 Å². The third-order valence-corrected chi connectivity index (χ3v) is 4.09. The number of rotatable bonds is 11. The highest BCUT2D eigenvalue weighted by molar-refractivity contribution is 5.81. The molecule has 2 atom stereocenters. The molecule has 0 bridgehead atoms. The lowest BCUT2D eigenvalue weighted by Crippen LogP contribution is -2.40. The Bertz CT molecular complexity index is 462. The molecule has 130 valence electrons. The maximum atomic E-state index is 12.4. The Morgan fingerprint density at radius 2 is 1.91 bits per heavy atom. The molecule has 0 aliphatic rings. The number of hydrogen-bond acceptors (Lipinski definition) is 3. The Kier molecular flexibility index (Phi) is 9.18. The molecule has 4 heteroatoms. The van der Waals surface area contributed by atoms with E-state index in [-0.39, 0.29) is 5.91 Å². The van der Waals surface area contributed by atoms with E-state index in [4.69, 9.17) is 9.47 Å². The van der Waals surface area contributed by atoms with Crippen LogP contribution in [0, 0.1) is 5.92 Å². The molecule has 0 heterocycles. The van der Waals surface area contributed by atoms with Gasteiger partial charge in [0, 0.05) is 12.6 Å². The molecule has 0 aliphatic heterocycles. The summed E-state index contributed by atoms with van der Waals surface area (Å²) in [6.07, 6.45) is 4.84. The SMILES string of the molecule is CCCC[C@@H](CC)CNC(=O)[C@H](CC)Oc1cccc(OC)c1. The van der Waals surface area contributed by atoms with Gasteiger partial charge in [-0.2, -0.15) is 0 Å². The molecular weight excluding hydrogens is 290 g/mol. The van der Waals surface area contributed by atoms with Crippen LogP contribution >= 0.6 is 0 Å². The second-order valence-electron chi connectivity index (χ2n) is 5.86. The van der Waals surface area contributed by atoms with Gasteiger partial charge in [0.25, 0.3) is 5.91 Å². The number of nitrogens with one attached hydrogen (secondary N) is 1. The molecule has 1 aromatic rings. The van der Waals surface area contributed by atoms with Crippen molar-refractivity contribution in [2.24, 2.45) is 5.92 Å². The van der Waals surface area contributed by atoms with Crippen molar-refractivity contribution in [1.82, 2.24) is 5.32 Å². The van der Waals surface area contributed by atoms with Crippen molar-refractivity contribution >= 4 is 5.91 Å². The zero-order valence-corrected chi connectivity index (χ0v) is 14.9.